The molecule has 7 nitrogen and oxygen atoms in total. The van der Waals surface area contributed by atoms with Crippen molar-refractivity contribution >= 4 is 28.6 Å². The van der Waals surface area contributed by atoms with Crippen LogP contribution in [0.1, 0.15) is 43.8 Å². The van der Waals surface area contributed by atoms with Gasteiger partial charge in [-0.1, -0.05) is 0 Å². The number of hydrogen-bond acceptors (Lipinski definition) is 7. The van der Waals surface area contributed by atoms with Crippen molar-refractivity contribution in [3.63, 3.8) is 0 Å². The number of alkyl halides is 1. The first-order chi connectivity index (χ1) is 17.5. The monoisotopic (exact) mass is 512 g/mol. The number of pyridine rings is 1. The molecule has 9 heteroatoms. The molecule has 0 unspecified atom stereocenters. The van der Waals surface area contributed by atoms with E-state index < -0.39 is 12.1 Å². The molecule has 2 aromatic heterocycles. The van der Waals surface area contributed by atoms with Gasteiger partial charge in [0.25, 0.3) is 0 Å². The molecular weight excluding hydrogens is 479 g/mol. The summed E-state index contributed by atoms with van der Waals surface area (Å²) in [5.74, 6) is 1.42. The highest BCUT2D eigenvalue weighted by Crippen LogP contribution is 2.36. The van der Waals surface area contributed by atoms with E-state index in [9.17, 15) is 9.90 Å². The number of rotatable bonds is 12. The Hall–Kier alpha value is -2.78. The molecule has 1 N–H and O–H groups in total. The van der Waals surface area contributed by atoms with Gasteiger partial charge in [0.2, 0.25) is 0 Å². The normalized spacial score (nSPS) is 19.3. The van der Waals surface area contributed by atoms with E-state index in [0.717, 1.165) is 54.0 Å². The third-order valence-corrected chi connectivity index (χ3v) is 8.01. The molecule has 0 saturated carbocycles. The summed E-state index contributed by atoms with van der Waals surface area (Å²) in [5.41, 5.74) is 1.39. The van der Waals surface area contributed by atoms with E-state index in [1.165, 1.54) is 0 Å². The van der Waals surface area contributed by atoms with Gasteiger partial charge in [0.05, 0.1) is 25.0 Å². The van der Waals surface area contributed by atoms with Crippen LogP contribution in [0, 0.1) is 11.8 Å². The van der Waals surface area contributed by atoms with Crippen molar-refractivity contribution in [2.24, 2.45) is 11.8 Å². The fourth-order valence-electron chi connectivity index (χ4n) is 5.09. The van der Waals surface area contributed by atoms with Crippen molar-refractivity contribution in [3.8, 4) is 5.75 Å². The summed E-state index contributed by atoms with van der Waals surface area (Å²) in [6.45, 7) is 2.75. The van der Waals surface area contributed by atoms with Crippen LogP contribution in [0.15, 0.2) is 53.8 Å². The molecule has 3 aromatic rings. The number of fused-ring (bicyclic) bond motifs is 1. The van der Waals surface area contributed by atoms with E-state index in [1.54, 1.807) is 43.5 Å². The summed E-state index contributed by atoms with van der Waals surface area (Å²) in [6.07, 6.45) is 6.91. The zero-order valence-electron chi connectivity index (χ0n) is 20.6. The molecule has 1 fully saturated rings. The highest BCUT2D eigenvalue weighted by atomic mass is 32.2. The maximum absolute atomic E-state index is 15.5. The maximum atomic E-state index is 15.5. The Morgan fingerprint density at radius 3 is 2.89 bits per heavy atom. The second-order valence-corrected chi connectivity index (χ2v) is 10.5. The first kappa shape index (κ1) is 26.3. The predicted molar refractivity (Wildman–Crippen MR) is 139 cm³/mol. The Bertz CT molecular complexity index is 1140. The molecule has 3 heterocycles. The number of aliphatic carboxylic acids is 1. The highest BCUT2D eigenvalue weighted by molar-refractivity contribution is 7.99. The molecule has 0 spiro atoms. The molecular formula is C27H33FN4O3S. The summed E-state index contributed by atoms with van der Waals surface area (Å²) in [4.78, 5) is 19.2. The van der Waals surface area contributed by atoms with Gasteiger partial charge in [0.15, 0.2) is 0 Å². The fraction of sp³-hybridized carbons (Fsp3) is 0.481. The summed E-state index contributed by atoms with van der Waals surface area (Å²) < 4.78 is 20.8. The van der Waals surface area contributed by atoms with Gasteiger partial charge < -0.3 is 14.7 Å². The standard InChI is InChI=1S/C27H33FN4O3S/c1-35-21-4-6-26-24(16-21)23(9-11-29-26)25(28)5-2-19-10-13-32(18-20(19)3-7-27(33)34)14-15-36-22-8-12-30-31-17-22/h4,6,8-9,11-12,16-17,19-20,25H,2-3,5,7,10,13-15,18H2,1H3,(H,33,34)/t19-,20-,25-/m1/s1. The quantitative estimate of drug-likeness (QED) is 0.322. The van der Waals surface area contributed by atoms with Crippen LogP contribution in [0.3, 0.4) is 0 Å². The Morgan fingerprint density at radius 1 is 1.22 bits per heavy atom. The molecule has 0 aliphatic carbocycles. The number of nitrogens with zero attached hydrogens (tertiary/aromatic N) is 4. The molecule has 36 heavy (non-hydrogen) atoms. The molecule has 3 atom stereocenters. The molecule has 192 valence electrons. The average molecular weight is 513 g/mol. The summed E-state index contributed by atoms with van der Waals surface area (Å²) >= 11 is 1.75. The molecule has 0 bridgehead atoms. The van der Waals surface area contributed by atoms with Gasteiger partial charge in [0.1, 0.15) is 11.9 Å². The smallest absolute Gasteiger partial charge is 0.303 e. The Labute approximate surface area is 215 Å². The first-order valence-corrected chi connectivity index (χ1v) is 13.4. The van der Waals surface area contributed by atoms with Gasteiger partial charge in [0, 0.05) is 41.7 Å². The molecule has 1 aliphatic rings. The number of likely N-dealkylation sites (tertiary alicyclic amines) is 1. The van der Waals surface area contributed by atoms with Crippen LogP contribution in [-0.4, -0.2) is 63.7 Å². The topological polar surface area (TPSA) is 88.4 Å². The minimum Gasteiger partial charge on any atom is -0.497 e. The summed E-state index contributed by atoms with van der Waals surface area (Å²) in [6, 6.07) is 9.24. The van der Waals surface area contributed by atoms with Crippen LogP contribution in [0.25, 0.3) is 10.9 Å². The van der Waals surface area contributed by atoms with Gasteiger partial charge in [-0.3, -0.25) is 9.78 Å². The molecule has 0 amide bonds. The summed E-state index contributed by atoms with van der Waals surface area (Å²) in [5, 5.41) is 17.8. The zero-order chi connectivity index (χ0) is 25.3. The van der Waals surface area contributed by atoms with Crippen LogP contribution in [0.2, 0.25) is 0 Å². The SMILES string of the molecule is COc1ccc2nccc([C@H](F)CC[C@@H]3CCN(CCSc4ccnnc4)C[C@H]3CCC(=O)O)c2c1. The molecule has 1 aromatic carbocycles. The number of aromatic nitrogens is 3. The van der Waals surface area contributed by atoms with E-state index in [-0.39, 0.29) is 12.3 Å². The van der Waals surface area contributed by atoms with Crippen LogP contribution in [-0.2, 0) is 4.79 Å². The number of ether oxygens (including phenoxy) is 1. The third-order valence-electron chi connectivity index (χ3n) is 7.05. The van der Waals surface area contributed by atoms with Crippen molar-refractivity contribution in [1.29, 1.82) is 0 Å². The van der Waals surface area contributed by atoms with Crippen molar-refractivity contribution < 1.29 is 19.0 Å². The lowest BCUT2D eigenvalue weighted by atomic mass is 9.79. The molecule has 4 rings (SSSR count). The number of thioether (sulfide) groups is 1. The Kier molecular flexibility index (Phi) is 9.47. The van der Waals surface area contributed by atoms with E-state index in [1.807, 2.05) is 24.3 Å². The van der Waals surface area contributed by atoms with Crippen LogP contribution < -0.4 is 4.74 Å². The van der Waals surface area contributed by atoms with Crippen molar-refractivity contribution in [2.75, 3.05) is 32.5 Å². The Morgan fingerprint density at radius 2 is 2.11 bits per heavy atom. The van der Waals surface area contributed by atoms with E-state index in [4.69, 9.17) is 4.74 Å². The molecule has 1 saturated heterocycles. The first-order valence-electron chi connectivity index (χ1n) is 12.4. The third kappa shape index (κ3) is 7.13. The number of carboxylic acid groups (broad SMARTS) is 1. The predicted octanol–water partition coefficient (Wildman–Crippen LogP) is 5.42. The second-order valence-electron chi connectivity index (χ2n) is 9.30. The highest BCUT2D eigenvalue weighted by Gasteiger charge is 2.30. The lowest BCUT2D eigenvalue weighted by Crippen LogP contribution is -2.41. The fourth-order valence-corrected chi connectivity index (χ4v) is 5.96. The number of hydrogen-bond donors (Lipinski definition) is 1. The van der Waals surface area contributed by atoms with Crippen LogP contribution in [0.4, 0.5) is 4.39 Å². The van der Waals surface area contributed by atoms with Gasteiger partial charge in [-0.25, -0.2) is 4.39 Å². The van der Waals surface area contributed by atoms with Gasteiger partial charge in [-0.2, -0.15) is 10.2 Å². The lowest BCUT2D eigenvalue weighted by Gasteiger charge is -2.39. The number of halogens is 1. The number of piperidine rings is 1. The van der Waals surface area contributed by atoms with E-state index in [0.29, 0.717) is 30.1 Å². The lowest BCUT2D eigenvalue weighted by molar-refractivity contribution is -0.137. The average Bonchev–Trinajstić information content (AvgIpc) is 2.91. The van der Waals surface area contributed by atoms with Gasteiger partial charge in [-0.15, -0.1) is 11.8 Å². The minimum atomic E-state index is -1.11. The van der Waals surface area contributed by atoms with Crippen molar-refractivity contribution in [2.45, 2.75) is 43.2 Å². The number of methoxy groups -OCH3 is 1. The van der Waals surface area contributed by atoms with Crippen molar-refractivity contribution in [3.05, 3.63) is 54.5 Å². The minimum absolute atomic E-state index is 0.153. The van der Waals surface area contributed by atoms with Gasteiger partial charge in [-0.05, 0) is 80.0 Å². The number of benzene rings is 1. The van der Waals surface area contributed by atoms with Crippen molar-refractivity contribution in [1.82, 2.24) is 20.1 Å². The zero-order valence-corrected chi connectivity index (χ0v) is 21.4. The molecule has 0 radical (unpaired) electrons. The van der Waals surface area contributed by atoms with Crippen LogP contribution in [0.5, 0.6) is 5.75 Å². The van der Waals surface area contributed by atoms with E-state index >= 15 is 4.39 Å². The number of carbonyl (C=O) groups is 1. The number of carboxylic acids is 1. The van der Waals surface area contributed by atoms with E-state index in [2.05, 4.69) is 20.1 Å². The van der Waals surface area contributed by atoms with Gasteiger partial charge >= 0.3 is 5.97 Å². The second kappa shape index (κ2) is 13.0. The van der Waals surface area contributed by atoms with Crippen LogP contribution >= 0.6 is 11.8 Å². The summed E-state index contributed by atoms with van der Waals surface area (Å²) in [7, 11) is 1.60. The Balaban J connectivity index is 1.35. The maximum Gasteiger partial charge on any atom is 0.303 e. The largest absolute Gasteiger partial charge is 0.497 e. The molecule has 1 aliphatic heterocycles.